The summed E-state index contributed by atoms with van der Waals surface area (Å²) in [5.41, 5.74) is 1.02. The lowest BCUT2D eigenvalue weighted by Gasteiger charge is -2.33. The summed E-state index contributed by atoms with van der Waals surface area (Å²) >= 11 is 10.5. The molecule has 1 atom stereocenters. The molecule has 2 N–H and O–H groups in total. The van der Waals surface area contributed by atoms with Gasteiger partial charge >= 0.3 is 12.0 Å². The molecular formula is C22H24FN5O5S2. The number of hydrogen-bond acceptors (Lipinski definition) is 7. The van der Waals surface area contributed by atoms with Gasteiger partial charge in [-0.2, -0.15) is 0 Å². The number of likely N-dealkylation sites (tertiary alicyclic amines) is 1. The maximum absolute atomic E-state index is 15.1. The number of anilines is 1. The molecule has 4 rings (SSSR count). The first-order valence-corrected chi connectivity index (χ1v) is 11.8. The highest BCUT2D eigenvalue weighted by Crippen LogP contribution is 2.33. The Morgan fingerprint density at radius 3 is 2.63 bits per heavy atom. The highest BCUT2D eigenvalue weighted by Gasteiger charge is 2.33. The number of thiocarbonyl (C=S) groups is 2. The fourth-order valence-corrected chi connectivity index (χ4v) is 4.61. The molecule has 0 spiro atoms. The molecule has 10 nitrogen and oxygen atoms in total. The first kappa shape index (κ1) is 24.8. The maximum atomic E-state index is 15.1. The van der Waals surface area contributed by atoms with E-state index in [2.05, 4.69) is 10.6 Å². The van der Waals surface area contributed by atoms with Gasteiger partial charge in [0.15, 0.2) is 10.9 Å². The van der Waals surface area contributed by atoms with Gasteiger partial charge in [0, 0.05) is 20.1 Å². The van der Waals surface area contributed by atoms with Gasteiger partial charge in [0.05, 0.1) is 24.8 Å². The van der Waals surface area contributed by atoms with Crippen LogP contribution in [0.3, 0.4) is 0 Å². The molecule has 13 heteroatoms. The second-order valence-electron chi connectivity index (χ2n) is 8.24. The first-order chi connectivity index (χ1) is 16.8. The monoisotopic (exact) mass is 521 g/mol. The number of hydrogen-bond donors (Lipinski definition) is 2. The van der Waals surface area contributed by atoms with Crippen LogP contribution in [0, 0.1) is 15.9 Å². The summed E-state index contributed by atoms with van der Waals surface area (Å²) in [7, 11) is 1.69. The van der Waals surface area contributed by atoms with Crippen LogP contribution in [-0.2, 0) is 4.74 Å². The predicted molar refractivity (Wildman–Crippen MR) is 134 cm³/mol. The molecule has 186 valence electrons. The highest BCUT2D eigenvalue weighted by atomic mass is 32.1. The number of nitro groups is 1. The van der Waals surface area contributed by atoms with Crippen molar-refractivity contribution < 1.29 is 23.3 Å². The lowest BCUT2D eigenvalue weighted by Crippen LogP contribution is -2.39. The van der Waals surface area contributed by atoms with Crippen molar-refractivity contribution in [1.29, 1.82) is 0 Å². The average Bonchev–Trinajstić information content (AvgIpc) is 3.49. The smallest absolute Gasteiger partial charge is 0.433 e. The Hall–Kier alpha value is -3.32. The predicted octanol–water partition coefficient (Wildman–Crippen LogP) is 3.30. The summed E-state index contributed by atoms with van der Waals surface area (Å²) in [5, 5.41) is 17.0. The molecule has 2 aliphatic rings. The summed E-state index contributed by atoms with van der Waals surface area (Å²) in [5.74, 6) is -0.472. The van der Waals surface area contributed by atoms with Gasteiger partial charge < -0.3 is 24.7 Å². The normalized spacial score (nSPS) is 18.3. The topological polar surface area (TPSA) is 113 Å². The van der Waals surface area contributed by atoms with Crippen molar-refractivity contribution >= 4 is 52.2 Å². The van der Waals surface area contributed by atoms with Gasteiger partial charge in [-0.15, -0.1) is 0 Å². The van der Waals surface area contributed by atoms with E-state index in [1.54, 1.807) is 19.2 Å². The summed E-state index contributed by atoms with van der Waals surface area (Å²) in [4.78, 5) is 26.2. The van der Waals surface area contributed by atoms with E-state index in [0.29, 0.717) is 53.8 Å². The Kier molecular flexibility index (Phi) is 7.45. The van der Waals surface area contributed by atoms with Crippen LogP contribution in [0.5, 0.6) is 0 Å². The van der Waals surface area contributed by atoms with Gasteiger partial charge in [-0.05, 0) is 54.7 Å². The number of nitrogens with one attached hydrogen (secondary N) is 2. The van der Waals surface area contributed by atoms with Gasteiger partial charge in [-0.3, -0.25) is 15.0 Å². The number of rotatable bonds is 6. The average molecular weight is 522 g/mol. The number of piperidine rings is 1. The van der Waals surface area contributed by atoms with Crippen molar-refractivity contribution in [3.05, 3.63) is 57.6 Å². The van der Waals surface area contributed by atoms with E-state index in [0.717, 1.165) is 0 Å². The van der Waals surface area contributed by atoms with Gasteiger partial charge in [0.25, 0.3) is 0 Å². The fourth-order valence-electron chi connectivity index (χ4n) is 4.24. The molecule has 1 aromatic carbocycles. The number of furan rings is 1. The summed E-state index contributed by atoms with van der Waals surface area (Å²) in [6.07, 6.45) is 0.383. The number of amides is 1. The minimum Gasteiger partial charge on any atom is -0.442 e. The number of nitrogens with zero attached hydrogens (tertiary/aromatic N) is 3. The standard InChI is InChI=1S/C22H24FN5O5S2/c1-24-21(35)25-11-15-12-27(22(29)32-15)14-2-3-16(17(23)10-14)13-6-8-26(9-7-13)20(34)18-4-5-19(33-18)28(30)31/h2-5,10,13,15H,6-9,11-12H2,1H3,(H2,24,25,35)/t15-/m0/s1. The molecule has 1 aromatic heterocycles. The molecule has 1 amide bonds. The Balaban J connectivity index is 1.35. The van der Waals surface area contributed by atoms with E-state index in [9.17, 15) is 14.9 Å². The third kappa shape index (κ3) is 5.51. The van der Waals surface area contributed by atoms with Gasteiger partial charge in [0.1, 0.15) is 21.8 Å². The van der Waals surface area contributed by atoms with E-state index >= 15 is 4.39 Å². The summed E-state index contributed by atoms with van der Waals surface area (Å²) in [6, 6.07) is 7.58. The third-order valence-electron chi connectivity index (χ3n) is 6.09. The Morgan fingerprint density at radius 1 is 1.26 bits per heavy atom. The minimum atomic E-state index is -0.608. The first-order valence-electron chi connectivity index (χ1n) is 11.0. The Morgan fingerprint density at radius 2 is 2.00 bits per heavy atom. The van der Waals surface area contributed by atoms with Crippen LogP contribution in [-0.4, -0.2) is 65.3 Å². The molecule has 0 aliphatic carbocycles. The molecule has 2 fully saturated rings. The third-order valence-corrected chi connectivity index (χ3v) is 6.90. The van der Waals surface area contributed by atoms with Gasteiger partial charge in [0.2, 0.25) is 0 Å². The zero-order valence-electron chi connectivity index (χ0n) is 18.9. The van der Waals surface area contributed by atoms with E-state index in [-0.39, 0.29) is 29.9 Å². The minimum absolute atomic E-state index is 0.0147. The fraction of sp³-hybridized carbons (Fsp3) is 0.409. The molecule has 2 aromatic rings. The van der Waals surface area contributed by atoms with E-state index in [1.165, 1.54) is 23.1 Å². The van der Waals surface area contributed by atoms with Crippen molar-refractivity contribution in [2.45, 2.75) is 24.9 Å². The van der Waals surface area contributed by atoms with Crippen LogP contribution >= 0.6 is 24.4 Å². The molecule has 35 heavy (non-hydrogen) atoms. The number of carbonyl (C=O) groups is 1. The Bertz CT molecular complexity index is 1150. The SMILES string of the molecule is CNC(=S)NC[C@H]1CN(c2ccc(C3CCN(C(=S)c4ccc([N+](=O)[O-])o4)CC3)c(F)c2)C(=O)O1. The van der Waals surface area contributed by atoms with Crippen molar-refractivity contribution in [3.8, 4) is 0 Å². The zero-order chi connectivity index (χ0) is 25.1. The molecular weight excluding hydrogens is 497 g/mol. The molecule has 2 aliphatic heterocycles. The van der Waals surface area contributed by atoms with Crippen LogP contribution < -0.4 is 15.5 Å². The quantitative estimate of drug-likeness (QED) is 0.333. The molecule has 0 unspecified atom stereocenters. The lowest BCUT2D eigenvalue weighted by molar-refractivity contribution is -0.402. The summed E-state index contributed by atoms with van der Waals surface area (Å²) < 4.78 is 25.6. The lowest BCUT2D eigenvalue weighted by atomic mass is 9.89. The maximum Gasteiger partial charge on any atom is 0.433 e. The Labute approximate surface area is 211 Å². The van der Waals surface area contributed by atoms with E-state index < -0.39 is 17.1 Å². The summed E-state index contributed by atoms with van der Waals surface area (Å²) in [6.45, 7) is 1.79. The van der Waals surface area contributed by atoms with Crippen LogP contribution in [0.4, 0.5) is 20.8 Å². The van der Waals surface area contributed by atoms with Crippen molar-refractivity contribution in [2.24, 2.45) is 0 Å². The van der Waals surface area contributed by atoms with Crippen molar-refractivity contribution in [2.75, 3.05) is 38.1 Å². The van der Waals surface area contributed by atoms with Gasteiger partial charge in [-0.25, -0.2) is 9.18 Å². The molecule has 0 radical (unpaired) electrons. The number of ether oxygens (including phenoxy) is 1. The van der Waals surface area contributed by atoms with Gasteiger partial charge in [-0.1, -0.05) is 18.3 Å². The van der Waals surface area contributed by atoms with E-state index in [1.807, 2.05) is 4.90 Å². The van der Waals surface area contributed by atoms with Crippen LogP contribution in [0.2, 0.25) is 0 Å². The number of carbonyl (C=O) groups excluding carboxylic acids is 1. The number of cyclic esters (lactones) is 1. The van der Waals surface area contributed by atoms with Crippen LogP contribution in [0.15, 0.2) is 34.7 Å². The number of benzene rings is 1. The second-order valence-corrected chi connectivity index (χ2v) is 9.04. The molecule has 0 bridgehead atoms. The van der Waals surface area contributed by atoms with E-state index in [4.69, 9.17) is 33.6 Å². The highest BCUT2D eigenvalue weighted by molar-refractivity contribution is 7.80. The van der Waals surface area contributed by atoms with Crippen molar-refractivity contribution in [1.82, 2.24) is 15.5 Å². The van der Waals surface area contributed by atoms with Crippen LogP contribution in [0.1, 0.15) is 30.1 Å². The molecule has 0 saturated carbocycles. The molecule has 3 heterocycles. The number of halogens is 1. The molecule has 2 saturated heterocycles. The van der Waals surface area contributed by atoms with Crippen molar-refractivity contribution in [3.63, 3.8) is 0 Å². The second kappa shape index (κ2) is 10.5. The largest absolute Gasteiger partial charge is 0.442 e. The van der Waals surface area contributed by atoms with Crippen LogP contribution in [0.25, 0.3) is 0 Å². The zero-order valence-corrected chi connectivity index (χ0v) is 20.5.